The van der Waals surface area contributed by atoms with Crippen LogP contribution in [0.3, 0.4) is 0 Å². The van der Waals surface area contributed by atoms with E-state index >= 15 is 0 Å². The highest BCUT2D eigenvalue weighted by Crippen LogP contribution is 2.34. The smallest absolute Gasteiger partial charge is 0.162 e. The van der Waals surface area contributed by atoms with E-state index in [1.165, 1.54) is 24.7 Å². The summed E-state index contributed by atoms with van der Waals surface area (Å²) >= 11 is 0. The first-order chi connectivity index (χ1) is 6.40. The van der Waals surface area contributed by atoms with Gasteiger partial charge in [-0.15, -0.1) is 0 Å². The lowest BCUT2D eigenvalue weighted by molar-refractivity contribution is -0.102. The zero-order valence-electron chi connectivity index (χ0n) is 9.58. The molecule has 0 aromatic heterocycles. The summed E-state index contributed by atoms with van der Waals surface area (Å²) in [6.45, 7) is 9.40. The van der Waals surface area contributed by atoms with Gasteiger partial charge in [0.25, 0.3) is 0 Å². The predicted octanol–water partition coefficient (Wildman–Crippen LogP) is 2.29. The quantitative estimate of drug-likeness (QED) is 0.413. The Morgan fingerprint density at radius 1 is 1.14 bits per heavy atom. The fourth-order valence-corrected chi connectivity index (χ4v) is 13.2. The van der Waals surface area contributed by atoms with Crippen molar-refractivity contribution >= 4 is 29.0 Å². The lowest BCUT2D eigenvalue weighted by atomic mass is 10.6. The molecule has 0 amide bonds. The van der Waals surface area contributed by atoms with Gasteiger partial charge in [-0.3, -0.25) is 4.79 Å². The molecule has 1 rings (SSSR count). The first-order valence-corrected chi connectivity index (χ1v) is 11.5. The molecule has 14 heavy (non-hydrogen) atoms. The second-order valence-corrected chi connectivity index (χ2v) is 14.7. The average molecular weight is 228 g/mol. The molecule has 0 radical (unpaired) electrons. The Bertz CT molecular complexity index is 235. The highest BCUT2D eigenvalue weighted by Gasteiger charge is 2.43. The predicted molar refractivity (Wildman–Crippen MR) is 65.6 cm³/mol. The fraction of sp³-hybridized carbons (Fsp3) is 0.778. The second-order valence-electron chi connectivity index (χ2n) is 5.19. The van der Waals surface area contributed by atoms with E-state index in [1.54, 1.807) is 0 Å². The molecule has 0 atom stereocenters. The van der Waals surface area contributed by atoms with Crippen LogP contribution < -0.4 is 0 Å². The minimum atomic E-state index is -1.35. The Morgan fingerprint density at radius 3 is 2.07 bits per heavy atom. The highest BCUT2D eigenvalue weighted by atomic mass is 28.4. The van der Waals surface area contributed by atoms with Crippen LogP contribution in [0.5, 0.6) is 0 Å². The summed E-state index contributed by atoms with van der Waals surface area (Å²) in [4.78, 5) is 10.3. The standard InChI is InChI=1S/C9H20N2OSi2/c1-13(2)8-5-9-14(3,4)11(13)10-6-7-12/h6-7H,5,8-9H2,1-4H3. The Labute approximate surface area is 88.4 Å². The largest absolute Gasteiger partial charge is 0.349 e. The van der Waals surface area contributed by atoms with E-state index in [-0.39, 0.29) is 0 Å². The molecular formula is C9H20N2OSi2. The van der Waals surface area contributed by atoms with Gasteiger partial charge in [0, 0.05) is 0 Å². The summed E-state index contributed by atoms with van der Waals surface area (Å²) in [7, 11) is -2.71. The fourth-order valence-electron chi connectivity index (χ4n) is 2.39. The van der Waals surface area contributed by atoms with Crippen LogP contribution in [0.4, 0.5) is 0 Å². The number of rotatable bonds is 2. The van der Waals surface area contributed by atoms with Gasteiger partial charge in [-0.2, -0.15) is 5.10 Å². The summed E-state index contributed by atoms with van der Waals surface area (Å²) < 4.78 is 2.35. The van der Waals surface area contributed by atoms with E-state index in [0.29, 0.717) is 0 Å². The molecule has 0 aromatic rings. The maximum absolute atomic E-state index is 10.3. The maximum Gasteiger partial charge on any atom is 0.162 e. The van der Waals surface area contributed by atoms with Crippen LogP contribution in [-0.4, -0.2) is 33.3 Å². The third kappa shape index (κ3) is 2.33. The molecule has 0 saturated carbocycles. The molecule has 1 saturated heterocycles. The number of carbonyl (C=O) groups excluding carboxylic acids is 1. The number of hydrogen-bond acceptors (Lipinski definition) is 3. The molecule has 0 aliphatic carbocycles. The van der Waals surface area contributed by atoms with Crippen LogP contribution in [0.25, 0.3) is 0 Å². The average Bonchev–Trinajstić information content (AvgIpc) is 2.01. The minimum Gasteiger partial charge on any atom is -0.349 e. The summed E-state index contributed by atoms with van der Waals surface area (Å²) in [5.41, 5.74) is 0. The van der Waals surface area contributed by atoms with Crippen LogP contribution in [-0.2, 0) is 4.79 Å². The zero-order chi connectivity index (χ0) is 10.8. The van der Waals surface area contributed by atoms with E-state index in [9.17, 15) is 4.79 Å². The number of hydrazone groups is 1. The van der Waals surface area contributed by atoms with Gasteiger partial charge in [0.15, 0.2) is 22.8 Å². The van der Waals surface area contributed by atoms with Crippen molar-refractivity contribution < 1.29 is 4.79 Å². The van der Waals surface area contributed by atoms with Gasteiger partial charge in [-0.05, 0) is 12.1 Å². The van der Waals surface area contributed by atoms with Crippen LogP contribution in [0.15, 0.2) is 5.10 Å². The van der Waals surface area contributed by atoms with Gasteiger partial charge in [-0.25, -0.2) is 0 Å². The molecule has 1 fully saturated rings. The second kappa shape index (κ2) is 3.98. The van der Waals surface area contributed by atoms with Crippen LogP contribution >= 0.6 is 0 Å². The van der Waals surface area contributed by atoms with Gasteiger partial charge in [0.2, 0.25) is 0 Å². The van der Waals surface area contributed by atoms with Crippen molar-refractivity contribution in [2.45, 2.75) is 44.7 Å². The van der Waals surface area contributed by atoms with E-state index < -0.39 is 16.5 Å². The van der Waals surface area contributed by atoms with E-state index in [0.717, 1.165) is 6.29 Å². The number of carbonyl (C=O) groups is 1. The molecule has 0 unspecified atom stereocenters. The molecule has 80 valence electrons. The van der Waals surface area contributed by atoms with Gasteiger partial charge in [0.05, 0.1) is 6.21 Å². The molecule has 5 heteroatoms. The lowest BCUT2D eigenvalue weighted by Gasteiger charge is -2.49. The number of hydrogen-bond donors (Lipinski definition) is 0. The van der Waals surface area contributed by atoms with Crippen molar-refractivity contribution in [3.63, 3.8) is 0 Å². The van der Waals surface area contributed by atoms with Crippen molar-refractivity contribution in [2.24, 2.45) is 5.10 Å². The molecule has 1 heterocycles. The van der Waals surface area contributed by atoms with Crippen LogP contribution in [0, 0.1) is 0 Å². The third-order valence-electron chi connectivity index (χ3n) is 2.97. The highest BCUT2D eigenvalue weighted by molar-refractivity contribution is 6.91. The molecule has 0 spiro atoms. The van der Waals surface area contributed by atoms with Crippen molar-refractivity contribution in [1.29, 1.82) is 0 Å². The van der Waals surface area contributed by atoms with E-state index in [4.69, 9.17) is 0 Å². The Balaban J connectivity index is 2.91. The van der Waals surface area contributed by atoms with Crippen molar-refractivity contribution in [3.8, 4) is 0 Å². The zero-order valence-corrected chi connectivity index (χ0v) is 11.6. The normalized spacial score (nSPS) is 25.3. The van der Waals surface area contributed by atoms with Gasteiger partial charge in [0.1, 0.15) is 0 Å². The molecule has 1 aliphatic rings. The molecule has 0 bridgehead atoms. The molecule has 3 nitrogen and oxygen atoms in total. The van der Waals surface area contributed by atoms with Crippen LogP contribution in [0.2, 0.25) is 38.3 Å². The SMILES string of the molecule is C[Si]1(C)CCC[Si](C)(C)N1N=CC=O. The summed E-state index contributed by atoms with van der Waals surface area (Å²) in [6.07, 6.45) is 3.55. The van der Waals surface area contributed by atoms with Gasteiger partial charge < -0.3 is 4.34 Å². The first-order valence-electron chi connectivity index (χ1n) is 5.18. The van der Waals surface area contributed by atoms with Crippen LogP contribution in [0.1, 0.15) is 6.42 Å². The molecule has 0 N–H and O–H groups in total. The van der Waals surface area contributed by atoms with E-state index in [1.807, 2.05) is 0 Å². The minimum absolute atomic E-state index is 0.781. The Morgan fingerprint density at radius 2 is 1.64 bits per heavy atom. The number of nitrogens with zero attached hydrogens (tertiary/aromatic N) is 2. The Hall–Kier alpha value is -0.426. The van der Waals surface area contributed by atoms with Gasteiger partial charge >= 0.3 is 0 Å². The molecule has 1 aliphatic heterocycles. The van der Waals surface area contributed by atoms with Crippen molar-refractivity contribution in [3.05, 3.63) is 0 Å². The molecular weight excluding hydrogens is 208 g/mol. The summed E-state index contributed by atoms with van der Waals surface area (Å²) in [5, 5.41) is 4.37. The maximum atomic E-state index is 10.3. The summed E-state index contributed by atoms with van der Waals surface area (Å²) in [6, 6.07) is 2.61. The van der Waals surface area contributed by atoms with Crippen molar-refractivity contribution in [2.75, 3.05) is 0 Å². The molecule has 0 aromatic carbocycles. The monoisotopic (exact) mass is 228 g/mol. The Kier molecular flexibility index (Phi) is 3.31. The van der Waals surface area contributed by atoms with Gasteiger partial charge in [-0.1, -0.05) is 32.6 Å². The first kappa shape index (κ1) is 11.6. The topological polar surface area (TPSA) is 32.7 Å². The van der Waals surface area contributed by atoms with E-state index in [2.05, 4.69) is 35.6 Å². The summed E-state index contributed by atoms with van der Waals surface area (Å²) in [5.74, 6) is 0. The van der Waals surface area contributed by atoms with Crippen molar-refractivity contribution in [1.82, 2.24) is 4.34 Å². The lowest BCUT2D eigenvalue weighted by Crippen LogP contribution is -2.61. The number of aldehydes is 1. The third-order valence-corrected chi connectivity index (χ3v) is 12.3.